The summed E-state index contributed by atoms with van der Waals surface area (Å²) in [5, 5.41) is 0.401. The molecule has 0 aliphatic rings. The van der Waals surface area contributed by atoms with Gasteiger partial charge in [0.2, 0.25) is 5.91 Å². The van der Waals surface area contributed by atoms with Crippen LogP contribution in [0.15, 0.2) is 42.5 Å². The van der Waals surface area contributed by atoms with Gasteiger partial charge in [-0.25, -0.2) is 4.79 Å². The predicted molar refractivity (Wildman–Crippen MR) is 86.5 cm³/mol. The lowest BCUT2D eigenvalue weighted by molar-refractivity contribution is -0.115. The molecule has 0 spiro atoms. The van der Waals surface area contributed by atoms with Gasteiger partial charge < -0.3 is 10.5 Å². The summed E-state index contributed by atoms with van der Waals surface area (Å²) in [5.74, 6) is -0.833. The third kappa shape index (κ3) is 3.20. The van der Waals surface area contributed by atoms with Crippen LogP contribution in [0.5, 0.6) is 0 Å². The zero-order valence-electron chi connectivity index (χ0n) is 12.2. The van der Waals surface area contributed by atoms with Crippen LogP contribution in [0.25, 0.3) is 0 Å². The molecule has 22 heavy (non-hydrogen) atoms. The van der Waals surface area contributed by atoms with Gasteiger partial charge in [-0.2, -0.15) is 0 Å². The van der Waals surface area contributed by atoms with Crippen LogP contribution in [0.3, 0.4) is 0 Å². The van der Waals surface area contributed by atoms with Crippen LogP contribution >= 0.6 is 11.6 Å². The first-order valence-corrected chi connectivity index (χ1v) is 6.86. The van der Waals surface area contributed by atoms with E-state index in [4.69, 9.17) is 22.1 Å². The number of anilines is 3. The zero-order valence-corrected chi connectivity index (χ0v) is 12.9. The number of nitrogens with two attached hydrogens (primary N) is 1. The molecule has 0 aliphatic carbocycles. The van der Waals surface area contributed by atoms with E-state index in [1.807, 2.05) is 0 Å². The molecule has 114 valence electrons. The number of carbonyl (C=O) groups is 2. The number of benzene rings is 2. The molecule has 6 heteroatoms. The second kappa shape index (κ2) is 6.49. The number of rotatable bonds is 3. The maximum atomic E-state index is 12.1. The van der Waals surface area contributed by atoms with E-state index < -0.39 is 5.97 Å². The molecule has 2 rings (SSSR count). The van der Waals surface area contributed by atoms with E-state index in [1.54, 1.807) is 36.4 Å². The summed E-state index contributed by atoms with van der Waals surface area (Å²) in [6.07, 6.45) is 0. The highest BCUT2D eigenvalue weighted by atomic mass is 35.5. The second-order valence-corrected chi connectivity index (χ2v) is 5.04. The zero-order chi connectivity index (χ0) is 16.3. The van der Waals surface area contributed by atoms with Gasteiger partial charge in [0.1, 0.15) is 0 Å². The van der Waals surface area contributed by atoms with Crippen molar-refractivity contribution in [3.05, 3.63) is 53.1 Å². The van der Waals surface area contributed by atoms with Crippen molar-refractivity contribution in [2.75, 3.05) is 17.7 Å². The third-order valence-electron chi connectivity index (χ3n) is 3.05. The van der Waals surface area contributed by atoms with E-state index in [0.29, 0.717) is 22.1 Å². The van der Waals surface area contributed by atoms with Gasteiger partial charge in [-0.1, -0.05) is 17.7 Å². The van der Waals surface area contributed by atoms with Gasteiger partial charge in [-0.3, -0.25) is 9.69 Å². The van der Waals surface area contributed by atoms with Crippen molar-refractivity contribution in [2.24, 2.45) is 0 Å². The van der Waals surface area contributed by atoms with Crippen LogP contribution in [0.4, 0.5) is 17.1 Å². The minimum absolute atomic E-state index is 0.240. The Morgan fingerprint density at radius 3 is 2.50 bits per heavy atom. The summed E-state index contributed by atoms with van der Waals surface area (Å²) in [4.78, 5) is 25.4. The van der Waals surface area contributed by atoms with Crippen molar-refractivity contribution in [3.63, 3.8) is 0 Å². The normalized spacial score (nSPS) is 10.1. The quantitative estimate of drug-likeness (QED) is 0.695. The van der Waals surface area contributed by atoms with Crippen molar-refractivity contribution in [1.82, 2.24) is 0 Å². The molecule has 0 fully saturated rings. The number of nitrogens with zero attached hydrogens (tertiary/aromatic N) is 1. The summed E-state index contributed by atoms with van der Waals surface area (Å²) in [6.45, 7) is 1.39. The molecule has 0 atom stereocenters. The molecule has 0 unspecified atom stereocenters. The highest BCUT2D eigenvalue weighted by Crippen LogP contribution is 2.32. The van der Waals surface area contributed by atoms with Crippen LogP contribution in [-0.4, -0.2) is 19.0 Å². The first-order chi connectivity index (χ1) is 10.4. The summed E-state index contributed by atoms with van der Waals surface area (Å²) < 4.78 is 4.76. The Bertz CT molecular complexity index is 731. The molecule has 2 aromatic carbocycles. The number of hydrogen-bond acceptors (Lipinski definition) is 4. The molecular weight excluding hydrogens is 304 g/mol. The van der Waals surface area contributed by atoms with E-state index >= 15 is 0 Å². The first-order valence-electron chi connectivity index (χ1n) is 6.48. The summed E-state index contributed by atoms with van der Waals surface area (Å²) in [6, 6.07) is 11.4. The minimum Gasteiger partial charge on any atom is -0.465 e. The fraction of sp³-hybridized carbons (Fsp3) is 0.125. The number of esters is 1. The maximum Gasteiger partial charge on any atom is 0.339 e. The topological polar surface area (TPSA) is 72.6 Å². The van der Waals surface area contributed by atoms with Gasteiger partial charge in [0.15, 0.2) is 0 Å². The minimum atomic E-state index is -0.554. The average Bonchev–Trinajstić information content (AvgIpc) is 2.46. The van der Waals surface area contributed by atoms with Gasteiger partial charge in [-0.05, 0) is 36.4 Å². The Morgan fingerprint density at radius 2 is 1.91 bits per heavy atom. The summed E-state index contributed by atoms with van der Waals surface area (Å²) >= 11 is 6.02. The molecule has 0 saturated heterocycles. The molecule has 2 aromatic rings. The summed E-state index contributed by atoms with van der Waals surface area (Å²) in [5.41, 5.74) is 7.40. The Labute approximate surface area is 133 Å². The molecule has 0 bridgehead atoms. The Morgan fingerprint density at radius 1 is 1.18 bits per heavy atom. The van der Waals surface area contributed by atoms with Crippen LogP contribution in [0.1, 0.15) is 17.3 Å². The largest absolute Gasteiger partial charge is 0.465 e. The number of hydrogen-bond donors (Lipinski definition) is 1. The number of ether oxygens (including phenoxy) is 1. The molecular formula is C16H15ClN2O3. The van der Waals surface area contributed by atoms with E-state index in [2.05, 4.69) is 0 Å². The standard InChI is InChI=1S/C16H15ClN2O3/c1-10(20)19(13-5-3-4-12(18)9-13)15-8-11(17)6-7-14(15)16(21)22-2/h3-9H,18H2,1-2H3. The SMILES string of the molecule is COC(=O)c1ccc(Cl)cc1N(C(C)=O)c1cccc(N)c1. The number of methoxy groups -OCH3 is 1. The van der Waals surface area contributed by atoms with Crippen molar-refractivity contribution in [2.45, 2.75) is 6.92 Å². The van der Waals surface area contributed by atoms with Crippen LogP contribution in [-0.2, 0) is 9.53 Å². The average molecular weight is 319 g/mol. The summed E-state index contributed by atoms with van der Waals surface area (Å²) in [7, 11) is 1.28. The van der Waals surface area contributed by atoms with Crippen molar-refractivity contribution < 1.29 is 14.3 Å². The van der Waals surface area contributed by atoms with Crippen molar-refractivity contribution >= 4 is 40.5 Å². The maximum absolute atomic E-state index is 12.1. The van der Waals surface area contributed by atoms with Crippen LogP contribution in [0, 0.1) is 0 Å². The van der Waals surface area contributed by atoms with E-state index in [1.165, 1.54) is 25.0 Å². The van der Waals surface area contributed by atoms with Crippen LogP contribution < -0.4 is 10.6 Å². The predicted octanol–water partition coefficient (Wildman–Crippen LogP) is 3.39. The lowest BCUT2D eigenvalue weighted by Gasteiger charge is -2.24. The first kappa shape index (κ1) is 15.9. The number of carbonyl (C=O) groups excluding carboxylic acids is 2. The molecule has 0 heterocycles. The highest BCUT2D eigenvalue weighted by Gasteiger charge is 2.22. The fourth-order valence-corrected chi connectivity index (χ4v) is 2.29. The molecule has 0 aromatic heterocycles. The number of halogens is 1. The fourth-order valence-electron chi connectivity index (χ4n) is 2.13. The van der Waals surface area contributed by atoms with Crippen molar-refractivity contribution in [3.8, 4) is 0 Å². The monoisotopic (exact) mass is 318 g/mol. The van der Waals surface area contributed by atoms with Gasteiger partial charge >= 0.3 is 5.97 Å². The van der Waals surface area contributed by atoms with Gasteiger partial charge in [0.05, 0.1) is 24.0 Å². The van der Waals surface area contributed by atoms with Gasteiger partial charge in [-0.15, -0.1) is 0 Å². The molecule has 0 saturated carbocycles. The molecule has 1 amide bonds. The van der Waals surface area contributed by atoms with Gasteiger partial charge in [0, 0.05) is 17.6 Å². The Balaban J connectivity index is 2.65. The smallest absolute Gasteiger partial charge is 0.339 e. The molecule has 0 aliphatic heterocycles. The van der Waals surface area contributed by atoms with E-state index in [9.17, 15) is 9.59 Å². The lowest BCUT2D eigenvalue weighted by Crippen LogP contribution is -2.25. The number of amides is 1. The van der Waals surface area contributed by atoms with E-state index in [0.717, 1.165) is 0 Å². The molecule has 0 radical (unpaired) electrons. The lowest BCUT2D eigenvalue weighted by atomic mass is 10.1. The Kier molecular flexibility index (Phi) is 4.68. The Hall–Kier alpha value is -2.53. The molecule has 2 N–H and O–H groups in total. The van der Waals surface area contributed by atoms with Crippen LogP contribution in [0.2, 0.25) is 5.02 Å². The highest BCUT2D eigenvalue weighted by molar-refractivity contribution is 6.31. The number of nitrogen functional groups attached to an aromatic ring is 1. The van der Waals surface area contributed by atoms with Gasteiger partial charge in [0.25, 0.3) is 0 Å². The van der Waals surface area contributed by atoms with Crippen molar-refractivity contribution in [1.29, 1.82) is 0 Å². The molecule has 5 nitrogen and oxygen atoms in total. The van der Waals surface area contributed by atoms with E-state index in [-0.39, 0.29) is 11.5 Å². The third-order valence-corrected chi connectivity index (χ3v) is 3.28. The second-order valence-electron chi connectivity index (χ2n) is 4.60.